The second-order valence-electron chi connectivity index (χ2n) is 12.6. The third-order valence-electron chi connectivity index (χ3n) is 9.59. The van der Waals surface area contributed by atoms with Gasteiger partial charge in [-0.25, -0.2) is 0 Å². The van der Waals surface area contributed by atoms with E-state index in [0.29, 0.717) is 35.1 Å². The van der Waals surface area contributed by atoms with Gasteiger partial charge in [-0.3, -0.25) is 4.79 Å². The molecule has 156 valence electrons. The van der Waals surface area contributed by atoms with Crippen molar-refractivity contribution in [2.24, 2.45) is 34.5 Å². The maximum atomic E-state index is 12.4. The van der Waals surface area contributed by atoms with E-state index in [0.717, 1.165) is 25.2 Å². The van der Waals surface area contributed by atoms with Gasteiger partial charge in [0.25, 0.3) is 0 Å². The minimum absolute atomic E-state index is 0.192. The number of fused-ring (bicyclic) bond motifs is 3. The zero-order valence-electron chi connectivity index (χ0n) is 19.4. The maximum Gasteiger partial charge on any atom is 0.192 e. The van der Waals surface area contributed by atoms with E-state index >= 15 is 0 Å². The number of hydrogen-bond acceptors (Lipinski definition) is 2. The summed E-state index contributed by atoms with van der Waals surface area (Å²) in [5, 5.41) is 0.257. The molecule has 6 atom stereocenters. The Morgan fingerprint density at radius 2 is 1.67 bits per heavy atom. The number of carbonyl (C=O) groups excluding carboxylic acids is 1. The molecule has 3 aliphatic carbocycles. The van der Waals surface area contributed by atoms with Crippen LogP contribution in [-0.4, -0.2) is 20.2 Å². The molecule has 27 heavy (non-hydrogen) atoms. The molecule has 0 aromatic carbocycles. The summed E-state index contributed by atoms with van der Waals surface area (Å²) in [4.78, 5) is 12.4. The summed E-state index contributed by atoms with van der Waals surface area (Å²) in [5.74, 6) is 3.13. The fourth-order valence-corrected chi connectivity index (χ4v) is 8.39. The summed E-state index contributed by atoms with van der Waals surface area (Å²) in [6, 6.07) is 0. The lowest BCUT2D eigenvalue weighted by Crippen LogP contribution is -2.60. The van der Waals surface area contributed by atoms with Crippen LogP contribution < -0.4 is 0 Å². The molecule has 0 spiro atoms. The van der Waals surface area contributed by atoms with Crippen LogP contribution in [0.1, 0.15) is 87.0 Å². The Morgan fingerprint density at radius 3 is 2.26 bits per heavy atom. The molecule has 3 saturated carbocycles. The molecule has 0 N–H and O–H groups in total. The Bertz CT molecular complexity index is 588. The highest BCUT2D eigenvalue weighted by Gasteiger charge is 2.60. The van der Waals surface area contributed by atoms with Crippen LogP contribution in [0.4, 0.5) is 0 Å². The number of hydrogen-bond donors (Lipinski definition) is 0. The molecule has 0 saturated heterocycles. The monoisotopic (exact) mass is 392 g/mol. The van der Waals surface area contributed by atoms with Gasteiger partial charge in [0.2, 0.25) is 0 Å². The Labute approximate surface area is 169 Å². The predicted octanol–water partition coefficient (Wildman–Crippen LogP) is 6.84. The number of Topliss-reactive ketones (excluding diaryl/α,β-unsaturated/α-hetero) is 1. The van der Waals surface area contributed by atoms with Gasteiger partial charge in [-0.1, -0.05) is 48.5 Å². The number of rotatable bonds is 2. The average Bonchev–Trinajstić information content (AvgIpc) is 2.50. The van der Waals surface area contributed by atoms with E-state index in [1.807, 2.05) is 0 Å². The van der Waals surface area contributed by atoms with E-state index in [4.69, 9.17) is 4.43 Å². The highest BCUT2D eigenvalue weighted by molar-refractivity contribution is 6.74. The first kappa shape index (κ1) is 21.6. The first-order chi connectivity index (χ1) is 12.2. The van der Waals surface area contributed by atoms with Crippen LogP contribution in [0.2, 0.25) is 18.1 Å². The van der Waals surface area contributed by atoms with E-state index in [2.05, 4.69) is 61.6 Å². The standard InChI is InChI=1S/C24H44O2Si/c1-16-14-17(25)15-19-18(16)10-11-20-23(5,6)21(12-13-24(19,20)7)26-27(8,9)22(2,3)4/h16,18-21H,10-15H2,1-9H3/t16-,18-,19-,20-,21-,24+/m1/s1. The first-order valence-corrected chi connectivity index (χ1v) is 14.3. The minimum atomic E-state index is -1.77. The Kier molecular flexibility index (Phi) is 5.34. The predicted molar refractivity (Wildman–Crippen MR) is 116 cm³/mol. The van der Waals surface area contributed by atoms with Crippen LogP contribution in [0.3, 0.4) is 0 Å². The van der Waals surface area contributed by atoms with Crippen LogP contribution in [-0.2, 0) is 9.22 Å². The van der Waals surface area contributed by atoms with E-state index in [9.17, 15) is 4.79 Å². The van der Waals surface area contributed by atoms with Gasteiger partial charge in [-0.2, -0.15) is 0 Å². The van der Waals surface area contributed by atoms with Gasteiger partial charge < -0.3 is 4.43 Å². The fourth-order valence-electron chi connectivity index (χ4n) is 6.91. The van der Waals surface area contributed by atoms with Gasteiger partial charge in [0.05, 0.1) is 6.10 Å². The van der Waals surface area contributed by atoms with E-state index in [-0.39, 0.29) is 10.5 Å². The molecule has 0 aromatic rings. The Hall–Kier alpha value is -0.153. The lowest BCUT2D eigenvalue weighted by molar-refractivity contribution is -0.165. The normalized spacial score (nSPS) is 42.4. The number of ketones is 1. The lowest BCUT2D eigenvalue weighted by atomic mass is 9.43. The molecule has 0 heterocycles. The van der Waals surface area contributed by atoms with Gasteiger partial charge in [-0.05, 0) is 78.3 Å². The van der Waals surface area contributed by atoms with Gasteiger partial charge in [0.1, 0.15) is 5.78 Å². The summed E-state index contributed by atoms with van der Waals surface area (Å²) in [6.07, 6.45) is 7.06. The second-order valence-corrected chi connectivity index (χ2v) is 17.3. The van der Waals surface area contributed by atoms with Crippen LogP contribution in [0.5, 0.6) is 0 Å². The third-order valence-corrected chi connectivity index (χ3v) is 14.1. The van der Waals surface area contributed by atoms with Crippen molar-refractivity contribution in [3.63, 3.8) is 0 Å². The van der Waals surface area contributed by atoms with Crippen LogP contribution in [0.15, 0.2) is 0 Å². The molecule has 3 rings (SSSR count). The molecule has 3 aliphatic rings. The molecule has 0 amide bonds. The SMILES string of the molecule is C[C@@H]1CC(=O)C[C@@H]2[C@@H]1CC[C@@H]1C(C)(C)[C@H](O[Si](C)(C)C(C)(C)C)CC[C@@]21C. The van der Waals surface area contributed by atoms with Crippen molar-refractivity contribution in [2.75, 3.05) is 0 Å². The summed E-state index contributed by atoms with van der Waals surface area (Å²) in [5.41, 5.74) is 0.501. The van der Waals surface area contributed by atoms with Crippen molar-refractivity contribution in [1.29, 1.82) is 0 Å². The highest BCUT2D eigenvalue weighted by atomic mass is 28.4. The number of carbonyl (C=O) groups is 1. The fraction of sp³-hybridized carbons (Fsp3) is 0.958. The van der Waals surface area contributed by atoms with Crippen LogP contribution in [0, 0.1) is 34.5 Å². The van der Waals surface area contributed by atoms with Gasteiger partial charge >= 0.3 is 0 Å². The quantitative estimate of drug-likeness (QED) is 0.481. The Morgan fingerprint density at radius 1 is 1.04 bits per heavy atom. The zero-order valence-corrected chi connectivity index (χ0v) is 20.4. The first-order valence-electron chi connectivity index (χ1n) is 11.4. The van der Waals surface area contributed by atoms with Gasteiger partial charge in [-0.15, -0.1) is 0 Å². The molecule has 2 nitrogen and oxygen atoms in total. The third kappa shape index (κ3) is 3.50. The van der Waals surface area contributed by atoms with Gasteiger partial charge in [0.15, 0.2) is 8.32 Å². The van der Waals surface area contributed by atoms with Gasteiger partial charge in [0, 0.05) is 12.8 Å². The summed E-state index contributed by atoms with van der Waals surface area (Å²) >= 11 is 0. The van der Waals surface area contributed by atoms with Crippen molar-refractivity contribution in [3.8, 4) is 0 Å². The molecule has 0 radical (unpaired) electrons. The molecular weight excluding hydrogens is 348 g/mol. The smallest absolute Gasteiger partial charge is 0.192 e. The molecule has 0 bridgehead atoms. The second kappa shape index (κ2) is 6.69. The summed E-state index contributed by atoms with van der Waals surface area (Å²) in [6.45, 7) is 21.6. The molecule has 3 heteroatoms. The topological polar surface area (TPSA) is 26.3 Å². The highest BCUT2D eigenvalue weighted by Crippen LogP contribution is 2.64. The molecule has 0 unspecified atom stereocenters. The molecule has 0 aliphatic heterocycles. The van der Waals surface area contributed by atoms with E-state index < -0.39 is 8.32 Å². The van der Waals surface area contributed by atoms with Crippen molar-refractivity contribution < 1.29 is 9.22 Å². The molecule has 0 aromatic heterocycles. The van der Waals surface area contributed by atoms with Crippen molar-refractivity contribution in [3.05, 3.63) is 0 Å². The molecular formula is C24H44O2Si. The van der Waals surface area contributed by atoms with Crippen LogP contribution >= 0.6 is 0 Å². The van der Waals surface area contributed by atoms with Crippen molar-refractivity contribution in [1.82, 2.24) is 0 Å². The van der Waals surface area contributed by atoms with E-state index in [1.165, 1.54) is 19.3 Å². The van der Waals surface area contributed by atoms with Crippen LogP contribution in [0.25, 0.3) is 0 Å². The average molecular weight is 393 g/mol. The maximum absolute atomic E-state index is 12.4. The lowest BCUT2D eigenvalue weighted by Gasteiger charge is -2.63. The van der Waals surface area contributed by atoms with E-state index in [1.54, 1.807) is 0 Å². The van der Waals surface area contributed by atoms with Crippen molar-refractivity contribution >= 4 is 14.1 Å². The van der Waals surface area contributed by atoms with Crippen molar-refractivity contribution in [2.45, 2.75) is 111 Å². The molecule has 3 fully saturated rings. The summed E-state index contributed by atoms with van der Waals surface area (Å²) < 4.78 is 7.00. The largest absolute Gasteiger partial charge is 0.413 e. The minimum Gasteiger partial charge on any atom is -0.413 e. The zero-order chi connectivity index (χ0) is 20.4. The summed E-state index contributed by atoms with van der Waals surface area (Å²) in [7, 11) is -1.77. The Balaban J connectivity index is 1.87.